The molecular weight excluding hydrogens is 398 g/mol. The number of rotatable bonds is 8. The summed E-state index contributed by atoms with van der Waals surface area (Å²) in [6.45, 7) is 1.44. The van der Waals surface area contributed by atoms with Crippen molar-refractivity contribution in [1.82, 2.24) is 9.97 Å². The minimum atomic E-state index is -0.831. The van der Waals surface area contributed by atoms with E-state index in [0.717, 1.165) is 16.5 Å². The fourth-order valence-corrected chi connectivity index (χ4v) is 3.31. The highest BCUT2D eigenvalue weighted by molar-refractivity contribution is 5.91. The van der Waals surface area contributed by atoms with Crippen LogP contribution < -0.4 is 15.1 Å². The summed E-state index contributed by atoms with van der Waals surface area (Å²) in [4.78, 5) is 32.0. The molecule has 1 aliphatic heterocycles. The van der Waals surface area contributed by atoms with Gasteiger partial charge in [0.2, 0.25) is 5.95 Å². The molecule has 0 fully saturated rings. The summed E-state index contributed by atoms with van der Waals surface area (Å²) in [6, 6.07) is 13.3. The van der Waals surface area contributed by atoms with Crippen molar-refractivity contribution in [3.05, 3.63) is 53.1 Å². The lowest BCUT2D eigenvalue weighted by molar-refractivity contribution is -0.194. The van der Waals surface area contributed by atoms with Crippen LogP contribution in [0.2, 0.25) is 0 Å². The molecule has 158 valence electrons. The Morgan fingerprint density at radius 2 is 2.16 bits per heavy atom. The first kappa shape index (κ1) is 20.4. The lowest BCUT2D eigenvalue weighted by Crippen LogP contribution is -2.22. The van der Waals surface area contributed by atoms with Gasteiger partial charge < -0.3 is 20.2 Å². The van der Waals surface area contributed by atoms with Gasteiger partial charge in [0, 0.05) is 37.5 Å². The molecule has 0 unspecified atom stereocenters. The van der Waals surface area contributed by atoms with Crippen LogP contribution in [0.4, 0.5) is 11.8 Å². The maximum absolute atomic E-state index is 10.8. The summed E-state index contributed by atoms with van der Waals surface area (Å²) in [5.41, 5.74) is 3.20. The molecule has 0 saturated carbocycles. The standard InChI is InChI=1S/C22H21N5O4/c1-27(8-2-3-20(28)29)22-25-18-7-5-14(11-23)9-17(18)21(26-22)24-12-15-4-6-16-13-30-31-19(16)10-15/h4-7,9-10H,2-3,8,12-13H2,1H3,(H,28,29)(H,24,25,26). The average molecular weight is 419 g/mol. The molecule has 2 heterocycles. The highest BCUT2D eigenvalue weighted by atomic mass is 17.2. The number of benzene rings is 2. The van der Waals surface area contributed by atoms with E-state index < -0.39 is 5.97 Å². The molecule has 0 aliphatic carbocycles. The largest absolute Gasteiger partial charge is 0.481 e. The van der Waals surface area contributed by atoms with Crippen LogP contribution in [0.15, 0.2) is 36.4 Å². The van der Waals surface area contributed by atoms with Crippen molar-refractivity contribution >= 4 is 28.6 Å². The Kier molecular flexibility index (Phi) is 5.82. The van der Waals surface area contributed by atoms with Crippen LogP contribution in [0.3, 0.4) is 0 Å². The molecule has 1 aliphatic rings. The van der Waals surface area contributed by atoms with Crippen LogP contribution in [0.25, 0.3) is 10.9 Å². The van der Waals surface area contributed by atoms with Gasteiger partial charge in [-0.25, -0.2) is 4.98 Å². The molecule has 9 heteroatoms. The average Bonchev–Trinajstić information content (AvgIpc) is 3.24. The normalized spacial score (nSPS) is 12.1. The summed E-state index contributed by atoms with van der Waals surface area (Å²) in [5, 5.41) is 22.2. The van der Waals surface area contributed by atoms with Crippen LogP contribution in [-0.2, 0) is 22.8 Å². The molecule has 0 radical (unpaired) electrons. The van der Waals surface area contributed by atoms with Crippen LogP contribution in [-0.4, -0.2) is 34.6 Å². The number of nitrogens with zero attached hydrogens (tertiary/aromatic N) is 4. The van der Waals surface area contributed by atoms with Crippen molar-refractivity contribution in [2.45, 2.75) is 26.0 Å². The molecule has 0 bridgehead atoms. The predicted octanol–water partition coefficient (Wildman–Crippen LogP) is 3.24. The van der Waals surface area contributed by atoms with Crippen molar-refractivity contribution in [2.75, 3.05) is 23.8 Å². The summed E-state index contributed by atoms with van der Waals surface area (Å²) >= 11 is 0. The van der Waals surface area contributed by atoms with Crippen molar-refractivity contribution in [2.24, 2.45) is 0 Å². The minimum absolute atomic E-state index is 0.0820. The number of aromatic nitrogens is 2. The first-order valence-electron chi connectivity index (χ1n) is 9.83. The van der Waals surface area contributed by atoms with Gasteiger partial charge in [0.25, 0.3) is 0 Å². The van der Waals surface area contributed by atoms with E-state index in [1.54, 1.807) is 18.2 Å². The summed E-state index contributed by atoms with van der Waals surface area (Å²) < 4.78 is 0. The SMILES string of the molecule is CN(CCCC(=O)O)c1nc(NCc2ccc3c(c2)OOC3)c2cc(C#N)ccc2n1. The maximum Gasteiger partial charge on any atom is 0.303 e. The molecule has 0 saturated heterocycles. The van der Waals surface area contributed by atoms with Crippen LogP contribution in [0.1, 0.15) is 29.5 Å². The third kappa shape index (κ3) is 4.65. The van der Waals surface area contributed by atoms with Crippen LogP contribution >= 0.6 is 0 Å². The van der Waals surface area contributed by atoms with E-state index in [0.29, 0.717) is 54.7 Å². The van der Waals surface area contributed by atoms with Crippen LogP contribution in [0, 0.1) is 11.3 Å². The number of hydrogen-bond donors (Lipinski definition) is 2. The number of carboxylic acid groups (broad SMARTS) is 1. The molecule has 4 rings (SSSR count). The molecule has 2 N–H and O–H groups in total. The Balaban J connectivity index is 1.61. The zero-order valence-electron chi connectivity index (χ0n) is 17.0. The number of fused-ring (bicyclic) bond motifs is 2. The van der Waals surface area contributed by atoms with Gasteiger partial charge in [0.15, 0.2) is 5.75 Å². The molecule has 0 amide bonds. The molecule has 0 atom stereocenters. The van der Waals surface area contributed by atoms with E-state index in [4.69, 9.17) is 14.9 Å². The highest BCUT2D eigenvalue weighted by Gasteiger charge is 2.15. The third-order valence-corrected chi connectivity index (χ3v) is 4.99. The molecule has 9 nitrogen and oxygen atoms in total. The van der Waals surface area contributed by atoms with Gasteiger partial charge in [0.05, 0.1) is 17.1 Å². The second-order valence-electron chi connectivity index (χ2n) is 7.28. The van der Waals surface area contributed by atoms with Gasteiger partial charge >= 0.3 is 5.97 Å². The first-order valence-corrected chi connectivity index (χ1v) is 9.83. The van der Waals surface area contributed by atoms with Crippen LogP contribution in [0.5, 0.6) is 5.75 Å². The summed E-state index contributed by atoms with van der Waals surface area (Å²) in [7, 11) is 1.83. The number of nitriles is 1. The van der Waals surface area contributed by atoms with Gasteiger partial charge in [-0.05, 0) is 36.2 Å². The number of hydrogen-bond acceptors (Lipinski definition) is 8. The predicted molar refractivity (Wildman–Crippen MR) is 114 cm³/mol. The zero-order valence-corrected chi connectivity index (χ0v) is 17.0. The Morgan fingerprint density at radius 3 is 2.97 bits per heavy atom. The van der Waals surface area contributed by atoms with Gasteiger partial charge in [-0.1, -0.05) is 12.1 Å². The van der Waals surface area contributed by atoms with Gasteiger partial charge in [-0.15, -0.1) is 0 Å². The van der Waals surface area contributed by atoms with Gasteiger partial charge in [-0.3, -0.25) is 4.79 Å². The number of aliphatic carboxylic acids is 1. The van der Waals surface area contributed by atoms with E-state index in [1.165, 1.54) is 0 Å². The first-order chi connectivity index (χ1) is 15.0. The molecule has 2 aromatic carbocycles. The minimum Gasteiger partial charge on any atom is -0.481 e. The molecular formula is C22H21N5O4. The van der Waals surface area contributed by atoms with E-state index >= 15 is 0 Å². The second kappa shape index (κ2) is 8.85. The summed E-state index contributed by atoms with van der Waals surface area (Å²) in [6.07, 6.45) is 0.569. The zero-order chi connectivity index (χ0) is 21.8. The number of carboxylic acids is 1. The van der Waals surface area contributed by atoms with Gasteiger partial charge in [0.1, 0.15) is 12.4 Å². The molecule has 0 spiro atoms. The summed E-state index contributed by atoms with van der Waals surface area (Å²) in [5.74, 6) is 0.955. The van der Waals surface area contributed by atoms with E-state index in [-0.39, 0.29) is 6.42 Å². The lowest BCUT2D eigenvalue weighted by atomic mass is 10.1. The van der Waals surface area contributed by atoms with Crippen molar-refractivity contribution in [1.29, 1.82) is 5.26 Å². The number of carbonyl (C=O) groups is 1. The highest BCUT2D eigenvalue weighted by Crippen LogP contribution is 2.28. The number of nitrogens with one attached hydrogen (secondary N) is 1. The Morgan fingerprint density at radius 1 is 1.29 bits per heavy atom. The van der Waals surface area contributed by atoms with E-state index in [1.807, 2.05) is 30.1 Å². The Labute approximate surface area is 178 Å². The fraction of sp³-hybridized carbons (Fsp3) is 0.273. The fourth-order valence-electron chi connectivity index (χ4n) is 3.31. The molecule has 3 aromatic rings. The maximum atomic E-state index is 10.8. The third-order valence-electron chi connectivity index (χ3n) is 4.99. The van der Waals surface area contributed by atoms with Crippen molar-refractivity contribution in [3.8, 4) is 11.8 Å². The van der Waals surface area contributed by atoms with Crippen molar-refractivity contribution < 1.29 is 19.7 Å². The Bertz CT molecular complexity index is 1170. The molecule has 31 heavy (non-hydrogen) atoms. The topological polar surface area (TPSA) is 121 Å². The van der Waals surface area contributed by atoms with Crippen molar-refractivity contribution in [3.63, 3.8) is 0 Å². The van der Waals surface area contributed by atoms with Gasteiger partial charge in [-0.2, -0.15) is 15.1 Å². The quantitative estimate of drug-likeness (QED) is 0.530. The van der Waals surface area contributed by atoms with E-state index in [9.17, 15) is 10.1 Å². The lowest BCUT2D eigenvalue weighted by Gasteiger charge is -2.19. The number of anilines is 2. The Hall–Kier alpha value is -3.90. The smallest absolute Gasteiger partial charge is 0.303 e. The second-order valence-corrected chi connectivity index (χ2v) is 7.28. The van der Waals surface area contributed by atoms with E-state index in [2.05, 4.69) is 21.4 Å². The monoisotopic (exact) mass is 419 g/mol. The molecule has 1 aromatic heterocycles.